The van der Waals surface area contributed by atoms with Crippen molar-refractivity contribution in [3.63, 3.8) is 0 Å². The highest BCUT2D eigenvalue weighted by Crippen LogP contribution is 2.48. The first-order chi connectivity index (χ1) is 28.3. The van der Waals surface area contributed by atoms with Gasteiger partial charge >= 0.3 is 0 Å². The van der Waals surface area contributed by atoms with Gasteiger partial charge in [0.15, 0.2) is 0 Å². The molecule has 0 fully saturated rings. The summed E-state index contributed by atoms with van der Waals surface area (Å²) in [6.45, 7) is -0.0472. The monoisotopic (exact) mass is 724 g/mol. The Balaban J connectivity index is 1.24. The van der Waals surface area contributed by atoms with Crippen LogP contribution in [0.3, 0.4) is 0 Å². The van der Waals surface area contributed by atoms with E-state index in [9.17, 15) is 0 Å². The number of hydrogen-bond acceptors (Lipinski definition) is 2. The van der Waals surface area contributed by atoms with Gasteiger partial charge in [-0.15, -0.1) is 0 Å². The van der Waals surface area contributed by atoms with Gasteiger partial charge in [-0.2, -0.15) is 0 Å². The molecule has 266 valence electrons. The zero-order chi connectivity index (χ0) is 37.7. The van der Waals surface area contributed by atoms with Crippen molar-refractivity contribution in [1.82, 2.24) is 0 Å². The van der Waals surface area contributed by atoms with Crippen LogP contribution >= 0.6 is 0 Å². The molecule has 0 unspecified atom stereocenters. The Hall–Kier alpha value is -7.36. The summed E-state index contributed by atoms with van der Waals surface area (Å²) in [6, 6.07) is 82.0. The number of hydrogen-bond donors (Lipinski definition) is 0. The fourth-order valence-corrected chi connectivity index (χ4v) is 9.26. The van der Waals surface area contributed by atoms with Crippen molar-refractivity contribution in [3.05, 3.63) is 224 Å². The maximum Gasteiger partial charge on any atom is 0.253 e. The van der Waals surface area contributed by atoms with E-state index in [0.29, 0.717) is 0 Å². The molecule has 0 saturated heterocycles. The average molecular weight is 725 g/mol. The van der Waals surface area contributed by atoms with Gasteiger partial charge in [0.05, 0.1) is 5.69 Å². The smallest absolute Gasteiger partial charge is 0.253 e. The molecule has 2 aliphatic heterocycles. The van der Waals surface area contributed by atoms with Gasteiger partial charge in [-0.1, -0.05) is 182 Å². The molecule has 0 aliphatic carbocycles. The summed E-state index contributed by atoms with van der Waals surface area (Å²) in [5.41, 5.74) is 20.7. The fourth-order valence-electron chi connectivity index (χ4n) is 9.26. The zero-order valence-corrected chi connectivity index (χ0v) is 31.3. The highest BCUT2D eigenvalue weighted by atomic mass is 15.2. The van der Waals surface area contributed by atoms with Crippen LogP contribution in [0.25, 0.3) is 44.5 Å². The van der Waals surface area contributed by atoms with E-state index >= 15 is 0 Å². The third-order valence-corrected chi connectivity index (χ3v) is 11.7. The molecule has 9 aromatic carbocycles. The Morgan fingerprint density at radius 1 is 0.228 bits per heavy atom. The summed E-state index contributed by atoms with van der Waals surface area (Å²) in [6.07, 6.45) is 0. The number of para-hydroxylation sites is 1. The molecule has 0 atom stereocenters. The van der Waals surface area contributed by atoms with Crippen LogP contribution in [0.4, 0.5) is 34.1 Å². The van der Waals surface area contributed by atoms with Crippen LogP contribution in [-0.2, 0) is 0 Å². The Kier molecular flexibility index (Phi) is 7.96. The molecular formula is C54H37BN2. The molecule has 2 nitrogen and oxygen atoms in total. The number of benzene rings is 9. The largest absolute Gasteiger partial charge is 0.311 e. The highest BCUT2D eigenvalue weighted by Gasteiger charge is 2.45. The minimum absolute atomic E-state index is 0.0472. The molecular weight excluding hydrogens is 687 g/mol. The molecule has 0 amide bonds. The van der Waals surface area contributed by atoms with Gasteiger partial charge in [-0.05, 0) is 97.8 Å². The minimum Gasteiger partial charge on any atom is -0.311 e. The first kappa shape index (κ1) is 33.0. The first-order valence-electron chi connectivity index (χ1n) is 19.7. The van der Waals surface area contributed by atoms with E-state index in [2.05, 4.69) is 234 Å². The lowest BCUT2D eigenvalue weighted by molar-refractivity contribution is 1.25. The summed E-state index contributed by atoms with van der Waals surface area (Å²) < 4.78 is 0. The molecule has 57 heavy (non-hydrogen) atoms. The third kappa shape index (κ3) is 5.43. The second-order valence-corrected chi connectivity index (χ2v) is 14.8. The third-order valence-electron chi connectivity index (χ3n) is 11.7. The van der Waals surface area contributed by atoms with E-state index in [0.717, 1.165) is 11.4 Å². The second-order valence-electron chi connectivity index (χ2n) is 14.8. The Bertz CT molecular complexity index is 2890. The van der Waals surface area contributed by atoms with Crippen LogP contribution in [0.5, 0.6) is 0 Å². The van der Waals surface area contributed by atoms with Gasteiger partial charge < -0.3 is 9.80 Å². The Morgan fingerprint density at radius 2 is 0.579 bits per heavy atom. The molecule has 0 saturated carbocycles. The molecule has 0 bridgehead atoms. The lowest BCUT2D eigenvalue weighted by atomic mass is 9.32. The quantitative estimate of drug-likeness (QED) is 0.158. The molecule has 3 heteroatoms. The average Bonchev–Trinajstić information content (AvgIpc) is 3.30. The van der Waals surface area contributed by atoms with E-state index in [1.54, 1.807) is 0 Å². The molecule has 0 aromatic heterocycles. The minimum atomic E-state index is -0.0472. The highest BCUT2D eigenvalue weighted by molar-refractivity contribution is 7.01. The lowest BCUT2D eigenvalue weighted by Crippen LogP contribution is -2.62. The van der Waals surface area contributed by atoms with Crippen LogP contribution in [0.15, 0.2) is 224 Å². The summed E-state index contributed by atoms with van der Waals surface area (Å²) in [5.74, 6) is 0. The number of fused-ring (bicyclic) bond motifs is 4. The van der Waals surface area contributed by atoms with Gasteiger partial charge in [0.2, 0.25) is 0 Å². The van der Waals surface area contributed by atoms with Gasteiger partial charge in [0.25, 0.3) is 6.71 Å². The van der Waals surface area contributed by atoms with Crippen molar-refractivity contribution in [2.75, 3.05) is 9.80 Å². The zero-order valence-electron chi connectivity index (χ0n) is 31.3. The maximum atomic E-state index is 2.53. The Labute approximate surface area is 334 Å². The molecule has 11 rings (SSSR count). The first-order valence-corrected chi connectivity index (χ1v) is 19.7. The van der Waals surface area contributed by atoms with Crippen molar-refractivity contribution < 1.29 is 0 Å². The fraction of sp³-hybridized carbons (Fsp3) is 0. The molecule has 2 heterocycles. The molecule has 0 spiro atoms. The molecule has 9 aromatic rings. The van der Waals surface area contributed by atoms with Crippen LogP contribution in [0, 0.1) is 0 Å². The van der Waals surface area contributed by atoms with Gasteiger partial charge in [0, 0.05) is 34.0 Å². The molecule has 2 aliphatic rings. The standard InChI is InChI=1S/C54H37BN2/c1-5-18-38(19-6-1)39-34-36-43(37-35-39)56-48-30-15-27-45(41-22-9-3-10-23-41)52(48)55-53-46(42-24-11-4-12-25-42)28-16-31-49(53)57(51-33-17-32-50(56)54(51)55)47-29-14-13-26-44(47)40-20-7-2-8-21-40/h1-37H. The summed E-state index contributed by atoms with van der Waals surface area (Å²) in [4.78, 5) is 5.04. The second kappa shape index (κ2) is 13.7. The van der Waals surface area contributed by atoms with Crippen molar-refractivity contribution in [3.8, 4) is 44.5 Å². The van der Waals surface area contributed by atoms with E-state index in [1.165, 1.54) is 83.6 Å². The summed E-state index contributed by atoms with van der Waals surface area (Å²) >= 11 is 0. The van der Waals surface area contributed by atoms with Crippen LogP contribution < -0.4 is 26.2 Å². The normalized spacial score (nSPS) is 12.5. The van der Waals surface area contributed by atoms with Crippen LogP contribution in [-0.4, -0.2) is 6.71 Å². The Morgan fingerprint density at radius 3 is 1.12 bits per heavy atom. The topological polar surface area (TPSA) is 6.48 Å². The van der Waals surface area contributed by atoms with E-state index in [1.807, 2.05) is 0 Å². The SMILES string of the molecule is c1ccc(-c2ccc(N3c4cccc(-c5ccccc5)c4B4c5c(-c6ccccc6)cccc5N(c5ccccc5-c5ccccc5)c5cccc3c54)cc2)cc1. The summed E-state index contributed by atoms with van der Waals surface area (Å²) in [7, 11) is 0. The van der Waals surface area contributed by atoms with Crippen molar-refractivity contribution in [1.29, 1.82) is 0 Å². The molecule has 0 N–H and O–H groups in total. The van der Waals surface area contributed by atoms with Gasteiger partial charge in [-0.3, -0.25) is 0 Å². The van der Waals surface area contributed by atoms with Crippen LogP contribution in [0.2, 0.25) is 0 Å². The van der Waals surface area contributed by atoms with Gasteiger partial charge in [-0.25, -0.2) is 0 Å². The predicted octanol–water partition coefficient (Wildman–Crippen LogP) is 12.4. The van der Waals surface area contributed by atoms with E-state index in [4.69, 9.17) is 0 Å². The van der Waals surface area contributed by atoms with Crippen molar-refractivity contribution >= 4 is 57.2 Å². The van der Waals surface area contributed by atoms with Crippen molar-refractivity contribution in [2.24, 2.45) is 0 Å². The summed E-state index contributed by atoms with van der Waals surface area (Å²) in [5, 5.41) is 0. The van der Waals surface area contributed by atoms with E-state index in [-0.39, 0.29) is 6.71 Å². The lowest BCUT2D eigenvalue weighted by Gasteiger charge is -2.45. The number of anilines is 6. The maximum absolute atomic E-state index is 2.53. The number of rotatable bonds is 6. The predicted molar refractivity (Wildman–Crippen MR) is 242 cm³/mol. The number of nitrogens with zero attached hydrogens (tertiary/aromatic N) is 2. The van der Waals surface area contributed by atoms with Crippen LogP contribution in [0.1, 0.15) is 0 Å². The van der Waals surface area contributed by atoms with Gasteiger partial charge in [0.1, 0.15) is 0 Å². The molecule has 0 radical (unpaired) electrons. The van der Waals surface area contributed by atoms with E-state index < -0.39 is 0 Å². The van der Waals surface area contributed by atoms with Crippen molar-refractivity contribution in [2.45, 2.75) is 0 Å².